The van der Waals surface area contributed by atoms with Crippen LogP contribution in [0.15, 0.2) is 30.3 Å². The molecule has 1 aromatic heterocycles. The number of ether oxygens (including phenoxy) is 2. The number of aliphatic hydroxyl groups excluding tert-OH is 1. The normalized spacial score (nSPS) is 14.4. The van der Waals surface area contributed by atoms with Crippen LogP contribution in [0.2, 0.25) is 0 Å². The average molecular weight is 566 g/mol. The van der Waals surface area contributed by atoms with E-state index in [0.29, 0.717) is 31.6 Å². The predicted octanol–water partition coefficient (Wildman–Crippen LogP) is 3.82. The number of nitrogens with one attached hydrogen (secondary N) is 2. The first-order valence-electron chi connectivity index (χ1n) is 14.6. The highest BCUT2D eigenvalue weighted by Gasteiger charge is 2.23. The summed E-state index contributed by atoms with van der Waals surface area (Å²) >= 11 is 0. The van der Waals surface area contributed by atoms with Crippen molar-refractivity contribution >= 4 is 28.4 Å². The fourth-order valence-electron chi connectivity index (χ4n) is 5.21. The Labute approximate surface area is 244 Å². The van der Waals surface area contributed by atoms with Crippen molar-refractivity contribution in [3.63, 3.8) is 0 Å². The molecule has 1 aliphatic rings. The lowest BCUT2D eigenvalue weighted by Gasteiger charge is -2.34. The number of hydrogen-bond acceptors (Lipinski definition) is 10. The van der Waals surface area contributed by atoms with Gasteiger partial charge in [0.15, 0.2) is 0 Å². The number of fused-ring (bicyclic) bond motifs is 1. The summed E-state index contributed by atoms with van der Waals surface area (Å²) in [5.74, 6) is 3.17. The standard InChI is InChI=1S/C31H47N7O3/c1-22-19-26-24(20-29(22)40-6)30(35-31(34-26)32-13-8-17-39)33-23-11-14-38(15-12-23)21-25-27(37(4)5)9-7-10-28(25)41-18-16-36(2)3/h7,9-10,19-20,23,39H,8,11-18,21H2,1-6H3,(H2,32,33,34,35). The van der Waals surface area contributed by atoms with Gasteiger partial charge in [0.2, 0.25) is 5.95 Å². The summed E-state index contributed by atoms with van der Waals surface area (Å²) < 4.78 is 11.8. The number of aliphatic hydroxyl groups is 1. The van der Waals surface area contributed by atoms with E-state index in [9.17, 15) is 5.11 Å². The summed E-state index contributed by atoms with van der Waals surface area (Å²) in [6.07, 6.45) is 2.65. The summed E-state index contributed by atoms with van der Waals surface area (Å²) in [5.41, 5.74) is 4.34. The lowest BCUT2D eigenvalue weighted by atomic mass is 10.0. The Kier molecular flexibility index (Phi) is 10.8. The van der Waals surface area contributed by atoms with Gasteiger partial charge in [0, 0.05) is 76.1 Å². The minimum atomic E-state index is 0.128. The minimum Gasteiger partial charge on any atom is -0.496 e. The Morgan fingerprint density at radius 2 is 1.85 bits per heavy atom. The van der Waals surface area contributed by atoms with Gasteiger partial charge in [-0.1, -0.05) is 6.07 Å². The molecule has 10 heteroatoms. The van der Waals surface area contributed by atoms with Crippen molar-refractivity contribution in [1.82, 2.24) is 19.8 Å². The zero-order chi connectivity index (χ0) is 29.4. The van der Waals surface area contributed by atoms with E-state index in [0.717, 1.165) is 72.8 Å². The Morgan fingerprint density at radius 1 is 1.07 bits per heavy atom. The van der Waals surface area contributed by atoms with E-state index in [1.54, 1.807) is 7.11 Å². The van der Waals surface area contributed by atoms with Gasteiger partial charge in [-0.05, 0) is 70.1 Å². The van der Waals surface area contributed by atoms with Gasteiger partial charge >= 0.3 is 0 Å². The molecule has 4 rings (SSSR count). The second-order valence-electron chi connectivity index (χ2n) is 11.2. The molecule has 0 amide bonds. The highest BCUT2D eigenvalue weighted by molar-refractivity contribution is 5.92. The van der Waals surface area contributed by atoms with Gasteiger partial charge in [-0.2, -0.15) is 4.98 Å². The first-order valence-corrected chi connectivity index (χ1v) is 14.6. The Bertz CT molecular complexity index is 1280. The zero-order valence-corrected chi connectivity index (χ0v) is 25.5. The van der Waals surface area contributed by atoms with E-state index in [1.807, 2.05) is 19.1 Å². The van der Waals surface area contributed by atoms with Gasteiger partial charge in [-0.25, -0.2) is 4.98 Å². The average Bonchev–Trinajstić information content (AvgIpc) is 2.94. The van der Waals surface area contributed by atoms with Crippen LogP contribution < -0.4 is 25.0 Å². The first kappa shape index (κ1) is 30.6. The maximum Gasteiger partial charge on any atom is 0.225 e. The molecule has 1 aliphatic heterocycles. The monoisotopic (exact) mass is 565 g/mol. The number of likely N-dealkylation sites (tertiary alicyclic amines) is 1. The molecule has 0 saturated carbocycles. The first-order chi connectivity index (χ1) is 19.8. The van der Waals surface area contributed by atoms with E-state index >= 15 is 0 Å². The number of aromatic nitrogens is 2. The lowest BCUT2D eigenvalue weighted by molar-refractivity contribution is 0.205. The second-order valence-corrected chi connectivity index (χ2v) is 11.2. The number of hydrogen-bond donors (Lipinski definition) is 3. The molecule has 10 nitrogen and oxygen atoms in total. The van der Waals surface area contributed by atoms with Gasteiger partial charge in [0.25, 0.3) is 0 Å². The van der Waals surface area contributed by atoms with E-state index in [-0.39, 0.29) is 6.61 Å². The molecule has 0 atom stereocenters. The maximum absolute atomic E-state index is 9.19. The van der Waals surface area contributed by atoms with Crippen LogP contribution in [-0.2, 0) is 6.54 Å². The number of benzene rings is 2. The highest BCUT2D eigenvalue weighted by Crippen LogP contribution is 2.33. The zero-order valence-electron chi connectivity index (χ0n) is 25.5. The molecule has 2 heterocycles. The quantitative estimate of drug-likeness (QED) is 0.250. The molecule has 41 heavy (non-hydrogen) atoms. The predicted molar refractivity (Wildman–Crippen MR) is 168 cm³/mol. The third kappa shape index (κ3) is 8.12. The molecule has 3 aromatic rings. The van der Waals surface area contributed by atoms with Crippen molar-refractivity contribution in [2.24, 2.45) is 0 Å². The summed E-state index contributed by atoms with van der Waals surface area (Å²) in [5, 5.41) is 17.1. The van der Waals surface area contributed by atoms with Crippen LogP contribution in [0.3, 0.4) is 0 Å². The van der Waals surface area contributed by atoms with Crippen LogP contribution in [0.1, 0.15) is 30.4 Å². The second kappa shape index (κ2) is 14.5. The third-order valence-corrected chi connectivity index (χ3v) is 7.53. The number of piperidine rings is 1. The van der Waals surface area contributed by atoms with Crippen LogP contribution in [0, 0.1) is 6.92 Å². The molecule has 224 valence electrons. The van der Waals surface area contributed by atoms with Gasteiger partial charge in [0.1, 0.15) is 23.9 Å². The number of aryl methyl sites for hydroxylation is 1. The van der Waals surface area contributed by atoms with Crippen LogP contribution in [0.5, 0.6) is 11.5 Å². The lowest BCUT2D eigenvalue weighted by Crippen LogP contribution is -2.39. The van der Waals surface area contributed by atoms with Gasteiger partial charge < -0.3 is 35.0 Å². The molecular weight excluding hydrogens is 518 g/mol. The van der Waals surface area contributed by atoms with Crippen LogP contribution in [-0.4, -0.2) is 106 Å². The van der Waals surface area contributed by atoms with Crippen molar-refractivity contribution in [3.8, 4) is 11.5 Å². The number of anilines is 3. The van der Waals surface area contributed by atoms with Gasteiger partial charge in [-0.15, -0.1) is 0 Å². The smallest absolute Gasteiger partial charge is 0.225 e. The molecule has 0 spiro atoms. The maximum atomic E-state index is 9.19. The molecule has 2 aromatic carbocycles. The largest absolute Gasteiger partial charge is 0.496 e. The number of rotatable bonds is 14. The van der Waals surface area contributed by atoms with Crippen LogP contribution in [0.4, 0.5) is 17.5 Å². The van der Waals surface area contributed by atoms with Gasteiger partial charge in [-0.3, -0.25) is 4.90 Å². The summed E-state index contributed by atoms with van der Waals surface area (Å²) in [6, 6.07) is 10.7. The fraction of sp³-hybridized carbons (Fsp3) is 0.548. The molecule has 0 radical (unpaired) electrons. The van der Waals surface area contributed by atoms with Crippen molar-refractivity contribution in [2.45, 2.75) is 38.8 Å². The Balaban J connectivity index is 1.47. The van der Waals surface area contributed by atoms with E-state index in [4.69, 9.17) is 19.4 Å². The molecule has 1 saturated heterocycles. The minimum absolute atomic E-state index is 0.128. The fourth-order valence-corrected chi connectivity index (χ4v) is 5.21. The third-order valence-electron chi connectivity index (χ3n) is 7.53. The molecular formula is C31H47N7O3. The molecule has 1 fully saturated rings. The van der Waals surface area contributed by atoms with E-state index in [1.165, 1.54) is 11.3 Å². The van der Waals surface area contributed by atoms with Crippen molar-refractivity contribution in [3.05, 3.63) is 41.5 Å². The van der Waals surface area contributed by atoms with Gasteiger partial charge in [0.05, 0.1) is 12.6 Å². The molecule has 0 aliphatic carbocycles. The van der Waals surface area contributed by atoms with Crippen LogP contribution in [0.25, 0.3) is 10.9 Å². The highest BCUT2D eigenvalue weighted by atomic mass is 16.5. The number of nitrogens with zero attached hydrogens (tertiary/aromatic N) is 5. The van der Waals surface area contributed by atoms with E-state index < -0.39 is 0 Å². The van der Waals surface area contributed by atoms with Crippen LogP contribution >= 0.6 is 0 Å². The Morgan fingerprint density at radius 3 is 2.54 bits per heavy atom. The van der Waals surface area contributed by atoms with Crippen molar-refractivity contribution in [1.29, 1.82) is 0 Å². The number of likely N-dealkylation sites (N-methyl/N-ethyl adjacent to an activating group) is 1. The summed E-state index contributed by atoms with van der Waals surface area (Å²) in [6.45, 7) is 7.11. The Hall–Kier alpha value is -3.34. The molecule has 3 N–H and O–H groups in total. The van der Waals surface area contributed by atoms with Crippen molar-refractivity contribution < 1.29 is 14.6 Å². The van der Waals surface area contributed by atoms with E-state index in [2.05, 4.69) is 71.7 Å². The SMILES string of the molecule is COc1cc2c(NC3CCN(Cc4c(OCCN(C)C)cccc4N(C)C)CC3)nc(NCCCO)nc2cc1C. The summed E-state index contributed by atoms with van der Waals surface area (Å²) in [7, 11) is 10.0. The van der Waals surface area contributed by atoms with Crippen molar-refractivity contribution in [2.75, 3.05) is 90.2 Å². The molecule has 0 bridgehead atoms. The number of methoxy groups -OCH3 is 1. The summed E-state index contributed by atoms with van der Waals surface area (Å²) in [4.78, 5) is 16.4. The topological polar surface area (TPSA) is 98.3 Å². The molecule has 0 unspecified atom stereocenters.